The number of aromatic nitrogens is 5. The van der Waals surface area contributed by atoms with Crippen LogP contribution in [0.4, 0.5) is 13.2 Å². The zero-order chi connectivity index (χ0) is 37.3. The Morgan fingerprint density at radius 1 is 0.714 bits per heavy atom. The van der Waals surface area contributed by atoms with E-state index in [0.29, 0.717) is 18.9 Å². The van der Waals surface area contributed by atoms with Gasteiger partial charge in [0.05, 0.1) is 26.4 Å². The molecule has 264 valence electrons. The van der Waals surface area contributed by atoms with Gasteiger partial charge in [-0.05, 0) is 98.1 Å². The van der Waals surface area contributed by atoms with Crippen LogP contribution < -0.4 is 20.6 Å². The largest absolute Gasteiger partial charge is 0.508 e. The highest BCUT2D eigenvalue weighted by molar-refractivity contribution is 14.1. The predicted molar refractivity (Wildman–Crippen MR) is 206 cm³/mol. The number of ether oxygens (including phenoxy) is 2. The molecular weight excluding hydrogens is 1080 g/mol. The first-order chi connectivity index (χ1) is 22.9. The lowest BCUT2D eigenvalue weighted by Crippen LogP contribution is -2.09. The maximum Gasteiger partial charge on any atom is 0.422 e. The van der Waals surface area contributed by atoms with Crippen molar-refractivity contribution in [1.82, 2.24) is 24.9 Å². The van der Waals surface area contributed by atoms with Gasteiger partial charge in [0.25, 0.3) is 11.1 Å². The van der Waals surface area contributed by atoms with E-state index in [4.69, 9.17) is 61.4 Å². The van der Waals surface area contributed by atoms with Crippen molar-refractivity contribution in [2.75, 3.05) is 14.2 Å². The number of halogens is 10. The molecule has 5 aromatic rings. The monoisotopic (exact) mass is 1100 g/mol. The summed E-state index contributed by atoms with van der Waals surface area (Å²) in [5.41, 5.74) is -1.58. The molecule has 21 heteroatoms. The topological polar surface area (TPSA) is 163 Å². The van der Waals surface area contributed by atoms with Gasteiger partial charge in [-0.2, -0.15) is 13.2 Å². The summed E-state index contributed by atoms with van der Waals surface area (Å²) in [5.74, 6) is 0.459. The minimum atomic E-state index is -4.54. The van der Waals surface area contributed by atoms with Gasteiger partial charge in [0, 0.05) is 37.1 Å². The first kappa shape index (κ1) is 44.7. The van der Waals surface area contributed by atoms with E-state index in [1.54, 1.807) is 54.2 Å². The fraction of sp³-hybridized carbons (Fsp3) is 0.107. The first-order valence-corrected chi connectivity index (χ1v) is 17.2. The van der Waals surface area contributed by atoms with E-state index in [9.17, 15) is 22.8 Å². The van der Waals surface area contributed by atoms with Crippen molar-refractivity contribution in [3.8, 4) is 23.0 Å². The van der Waals surface area contributed by atoms with Crippen LogP contribution in [0.3, 0.4) is 0 Å². The number of hydrogen-bond donors (Lipinski definition) is 4. The summed E-state index contributed by atoms with van der Waals surface area (Å²) in [4.78, 5) is 36.7. The number of aromatic hydroxyl groups is 2. The Bertz CT molecular complexity index is 1900. The van der Waals surface area contributed by atoms with Crippen molar-refractivity contribution in [3.05, 3.63) is 125 Å². The molecule has 0 unspecified atom stereocenters. The van der Waals surface area contributed by atoms with E-state index >= 15 is 0 Å². The Kier molecular flexibility index (Phi) is 20.5. The molecule has 0 aliphatic rings. The highest BCUT2D eigenvalue weighted by atomic mass is 127. The second-order valence-electron chi connectivity index (χ2n) is 8.11. The molecule has 0 aliphatic carbocycles. The van der Waals surface area contributed by atoms with Crippen LogP contribution in [-0.4, -0.2) is 49.4 Å². The Morgan fingerprint density at radius 2 is 1.22 bits per heavy atom. The number of H-pyrrole nitrogens is 2. The van der Waals surface area contributed by atoms with Crippen LogP contribution in [0.25, 0.3) is 0 Å². The third-order valence-corrected chi connectivity index (χ3v) is 10.1. The van der Waals surface area contributed by atoms with Crippen LogP contribution in [0, 0.1) is 10.7 Å². The van der Waals surface area contributed by atoms with Crippen LogP contribution in [0.5, 0.6) is 23.0 Å². The molecule has 0 bridgehead atoms. The Balaban J connectivity index is 0.000000309. The molecule has 4 N–H and O–H groups in total. The Labute approximate surface area is 337 Å². The highest BCUT2D eigenvalue weighted by Gasteiger charge is 2.37. The summed E-state index contributed by atoms with van der Waals surface area (Å²) in [6.45, 7) is 0. The molecule has 0 aliphatic heterocycles. The van der Waals surface area contributed by atoms with Crippen LogP contribution in [0.15, 0.2) is 77.0 Å². The lowest BCUT2D eigenvalue weighted by Gasteiger charge is -2.11. The van der Waals surface area contributed by atoms with Crippen molar-refractivity contribution in [2.24, 2.45) is 0 Å². The first-order valence-electron chi connectivity index (χ1n) is 12.4. The summed E-state index contributed by atoms with van der Waals surface area (Å²) in [5, 5.41) is 18.5. The minimum Gasteiger partial charge on any atom is -0.508 e. The van der Waals surface area contributed by atoms with Crippen LogP contribution in [-0.2, 0) is 6.18 Å². The average molecular weight is 1100 g/mol. The summed E-state index contributed by atoms with van der Waals surface area (Å²) >= 11 is 28.2. The summed E-state index contributed by atoms with van der Waals surface area (Å²) < 4.78 is 48.4. The molecule has 0 atom stereocenters. The van der Waals surface area contributed by atoms with E-state index in [2.05, 4.69) is 52.2 Å². The van der Waals surface area contributed by atoms with Gasteiger partial charge in [-0.3, -0.25) is 9.59 Å². The van der Waals surface area contributed by atoms with Gasteiger partial charge in [0.1, 0.15) is 47.6 Å². The molecule has 5 aromatic heterocycles. The maximum absolute atomic E-state index is 12.3. The third-order valence-electron chi connectivity index (χ3n) is 4.84. The molecule has 0 saturated carbocycles. The molecule has 5 rings (SSSR count). The van der Waals surface area contributed by atoms with Gasteiger partial charge < -0.3 is 29.7 Å². The zero-order valence-corrected chi connectivity index (χ0v) is 34.0. The van der Waals surface area contributed by atoms with Gasteiger partial charge >= 0.3 is 6.18 Å². The van der Waals surface area contributed by atoms with Crippen LogP contribution in [0.1, 0.15) is 5.56 Å². The lowest BCUT2D eigenvalue weighted by atomic mass is 10.2. The third kappa shape index (κ3) is 16.1. The fourth-order valence-corrected chi connectivity index (χ4v) is 4.64. The number of hydrogen-bond acceptors (Lipinski definition) is 9. The number of rotatable bonds is 2. The molecule has 5 heterocycles. The average Bonchev–Trinajstić information content (AvgIpc) is 3.04. The molecule has 0 radical (unpaired) electrons. The summed E-state index contributed by atoms with van der Waals surface area (Å²) in [7, 11) is 2.74. The summed E-state index contributed by atoms with van der Waals surface area (Å²) in [6.07, 6.45) is 2.58. The number of aromatic amines is 2. The number of pyridine rings is 5. The Hall–Kier alpha value is -2.31. The lowest BCUT2D eigenvalue weighted by molar-refractivity contribution is -0.138. The highest BCUT2D eigenvalue weighted by Crippen LogP contribution is 2.39. The SMILES string of the molecule is COc1ccnc(Cl)c1C(F)(F)F.COc1ccnc(Cl)c1I.Clc1ccnc(Cl)c1I.O=c1[nH]ccc(O)c1I.O=c1cc(O)cc[nH]1. The van der Waals surface area contributed by atoms with Crippen molar-refractivity contribution in [2.45, 2.75) is 6.18 Å². The molecule has 0 spiro atoms. The van der Waals surface area contributed by atoms with Crippen LogP contribution in [0.2, 0.25) is 20.5 Å². The molecule has 11 nitrogen and oxygen atoms in total. The standard InChI is InChI=1S/C7H5ClF3NO.C6H5ClINO.C5H2Cl2IN.C5H4INO2.C5H5NO2/c1-13-4-2-3-12-6(8)5(4)7(9,10)11;1-10-4-2-3-9-6(7)5(4)8;6-3-1-2-9-5(7)4(3)8;6-4-3(8)1-2-7-5(4)9;7-4-1-2-6-5(8)3-4/h2-3H,1H3;2-3H,1H3;1-2H;1-2H,(H2,7,8,9);1-3H,(H2,6,7,8). The van der Waals surface area contributed by atoms with Gasteiger partial charge in [-0.25, -0.2) is 15.0 Å². The maximum atomic E-state index is 12.3. The van der Waals surface area contributed by atoms with Crippen molar-refractivity contribution in [3.63, 3.8) is 0 Å². The van der Waals surface area contributed by atoms with E-state index < -0.39 is 16.9 Å². The number of methoxy groups -OCH3 is 2. The van der Waals surface area contributed by atoms with Crippen molar-refractivity contribution in [1.29, 1.82) is 0 Å². The number of nitrogens with one attached hydrogen (secondary N) is 2. The second-order valence-corrected chi connectivity index (χ2v) is 12.8. The molecule has 0 saturated heterocycles. The number of alkyl halides is 3. The number of nitrogens with zero attached hydrogens (tertiary/aromatic N) is 3. The van der Waals surface area contributed by atoms with E-state index in [0.717, 1.165) is 38.3 Å². The van der Waals surface area contributed by atoms with Gasteiger partial charge in [0.2, 0.25) is 0 Å². The van der Waals surface area contributed by atoms with E-state index in [1.807, 2.05) is 22.6 Å². The van der Waals surface area contributed by atoms with Crippen molar-refractivity contribution < 1.29 is 32.9 Å². The van der Waals surface area contributed by atoms with Gasteiger partial charge in [0.15, 0.2) is 0 Å². The van der Waals surface area contributed by atoms with E-state index in [1.165, 1.54) is 24.5 Å². The molecule has 0 fully saturated rings. The normalized spacial score (nSPS) is 9.96. The summed E-state index contributed by atoms with van der Waals surface area (Å²) in [6, 6.07) is 8.53. The quantitative estimate of drug-likeness (QED) is 0.1000. The van der Waals surface area contributed by atoms with Crippen LogP contribution >= 0.6 is 114 Å². The van der Waals surface area contributed by atoms with Gasteiger partial charge in [-0.1, -0.05) is 46.4 Å². The molecule has 49 heavy (non-hydrogen) atoms. The minimum absolute atomic E-state index is 0.00579. The molecule has 0 amide bonds. The molecule has 0 aromatic carbocycles. The Morgan fingerprint density at radius 3 is 1.61 bits per heavy atom. The fourth-order valence-electron chi connectivity index (χ4n) is 2.69. The predicted octanol–water partition coefficient (Wildman–Crippen LogP) is 8.87. The van der Waals surface area contributed by atoms with E-state index in [-0.39, 0.29) is 28.4 Å². The molecular formula is C28H21Cl4F3I3N5O6. The second kappa shape index (κ2) is 22.5. The van der Waals surface area contributed by atoms with Crippen molar-refractivity contribution >= 4 is 114 Å². The van der Waals surface area contributed by atoms with Gasteiger partial charge in [-0.15, -0.1) is 0 Å². The zero-order valence-electron chi connectivity index (χ0n) is 24.5. The smallest absolute Gasteiger partial charge is 0.422 e.